The highest BCUT2D eigenvalue weighted by atomic mass is 32.2. The largest absolute Gasteiger partial charge is 0.309 e. The van der Waals surface area contributed by atoms with Crippen molar-refractivity contribution in [1.82, 2.24) is 9.13 Å². The van der Waals surface area contributed by atoms with Crippen LogP contribution in [-0.2, 0) is 0 Å². The summed E-state index contributed by atoms with van der Waals surface area (Å²) in [6.07, 6.45) is 0. The summed E-state index contributed by atoms with van der Waals surface area (Å²) >= 11 is 1.88. The fourth-order valence-corrected chi connectivity index (χ4v) is 15.7. The molecule has 272 valence electrons. The smallest absolute Gasteiger partial charge is 0.179 e. The van der Waals surface area contributed by atoms with E-state index in [0.717, 1.165) is 5.69 Å². The van der Waals surface area contributed by atoms with E-state index in [-0.39, 0.29) is 0 Å². The van der Waals surface area contributed by atoms with E-state index in [0.29, 0.717) is 0 Å². The molecular formula is C54H36N2SSi. The monoisotopic (exact) mass is 772 g/mol. The van der Waals surface area contributed by atoms with Crippen molar-refractivity contribution in [1.29, 1.82) is 0 Å². The Kier molecular flexibility index (Phi) is 7.52. The summed E-state index contributed by atoms with van der Waals surface area (Å²) in [6.45, 7) is 0. The van der Waals surface area contributed by atoms with E-state index in [2.05, 4.69) is 228 Å². The van der Waals surface area contributed by atoms with Crippen LogP contribution in [0.5, 0.6) is 0 Å². The van der Waals surface area contributed by atoms with Crippen LogP contribution >= 0.6 is 11.8 Å². The van der Waals surface area contributed by atoms with Gasteiger partial charge in [-0.05, 0) is 86.5 Å². The van der Waals surface area contributed by atoms with Gasteiger partial charge in [-0.15, -0.1) is 0 Å². The maximum atomic E-state index is 2.51. The summed E-state index contributed by atoms with van der Waals surface area (Å²) in [5, 5.41) is 10.6. The lowest BCUT2D eigenvalue weighted by Crippen LogP contribution is -2.74. The van der Waals surface area contributed by atoms with Gasteiger partial charge in [-0.1, -0.05) is 176 Å². The fraction of sp³-hybridized carbons (Fsp3) is 0. The third-order valence-corrected chi connectivity index (χ3v) is 18.1. The number of benzene rings is 9. The number of nitrogens with zero attached hydrogens (tertiary/aromatic N) is 2. The summed E-state index contributed by atoms with van der Waals surface area (Å²) in [5.41, 5.74) is 9.84. The maximum Gasteiger partial charge on any atom is 0.179 e. The molecule has 1 aliphatic rings. The van der Waals surface area contributed by atoms with Gasteiger partial charge in [-0.3, -0.25) is 0 Å². The van der Waals surface area contributed by atoms with Crippen LogP contribution in [0.2, 0.25) is 0 Å². The lowest BCUT2D eigenvalue weighted by Gasteiger charge is -2.34. The first kappa shape index (κ1) is 33.3. The van der Waals surface area contributed by atoms with Crippen LogP contribution in [0.1, 0.15) is 0 Å². The lowest BCUT2D eigenvalue weighted by atomic mass is 10.0. The molecule has 0 atom stereocenters. The molecule has 9 aromatic carbocycles. The van der Waals surface area contributed by atoms with E-state index in [1.807, 2.05) is 11.8 Å². The van der Waals surface area contributed by atoms with Crippen LogP contribution in [0, 0.1) is 0 Å². The summed E-state index contributed by atoms with van der Waals surface area (Å²) in [7, 11) is -2.69. The predicted molar refractivity (Wildman–Crippen MR) is 248 cm³/mol. The van der Waals surface area contributed by atoms with Crippen molar-refractivity contribution in [3.63, 3.8) is 0 Å². The lowest BCUT2D eigenvalue weighted by molar-refractivity contribution is 1.09. The molecule has 0 radical (unpaired) electrons. The van der Waals surface area contributed by atoms with E-state index in [4.69, 9.17) is 0 Å². The fourth-order valence-electron chi connectivity index (χ4n) is 9.75. The molecule has 3 heterocycles. The molecule has 0 N–H and O–H groups in total. The minimum Gasteiger partial charge on any atom is -0.309 e. The zero-order chi connectivity index (χ0) is 38.2. The van der Waals surface area contributed by atoms with Crippen LogP contribution in [-0.4, -0.2) is 17.2 Å². The van der Waals surface area contributed by atoms with Gasteiger partial charge in [0.1, 0.15) is 0 Å². The Bertz CT molecular complexity index is 3250. The quantitative estimate of drug-likeness (QED) is 0.121. The zero-order valence-corrected chi connectivity index (χ0v) is 33.4. The first-order chi connectivity index (χ1) is 28.8. The van der Waals surface area contributed by atoms with E-state index < -0.39 is 8.07 Å². The standard InChI is InChI=1S/C54H36N2SSi/c1-4-16-40(17-5-1)58(41-18-6-2-7-19-41,42-20-8-3-9-21-42)43-32-33-50-46(36-43)44-22-10-12-24-48(44)55(50)39-30-28-37(29-31-39)38-34-47-45-23-11-13-25-49(45)56-51-26-14-15-27-52(51)57-53(35-38)54(47)56/h1-36H. The average molecular weight is 773 g/mol. The van der Waals surface area contributed by atoms with Gasteiger partial charge >= 0.3 is 0 Å². The van der Waals surface area contributed by atoms with Crippen LogP contribution < -0.4 is 20.7 Å². The predicted octanol–water partition coefficient (Wildman–Crippen LogP) is 11.4. The highest BCUT2D eigenvalue weighted by Gasteiger charge is 2.41. The van der Waals surface area contributed by atoms with Gasteiger partial charge in [0.15, 0.2) is 8.07 Å². The molecule has 0 spiro atoms. The molecular weight excluding hydrogens is 737 g/mol. The van der Waals surface area contributed by atoms with Gasteiger partial charge in [0.05, 0.1) is 27.8 Å². The van der Waals surface area contributed by atoms with Gasteiger partial charge in [-0.2, -0.15) is 0 Å². The third-order valence-electron chi connectivity index (χ3n) is 12.2. The van der Waals surface area contributed by atoms with E-state index >= 15 is 0 Å². The molecule has 11 aromatic rings. The number of rotatable bonds is 6. The normalized spacial score (nSPS) is 12.4. The summed E-state index contributed by atoms with van der Waals surface area (Å²) in [5.74, 6) is 0. The van der Waals surface area contributed by atoms with Crippen molar-refractivity contribution in [3.8, 4) is 22.5 Å². The van der Waals surface area contributed by atoms with Gasteiger partial charge in [0.25, 0.3) is 0 Å². The molecule has 4 heteroatoms. The Morgan fingerprint density at radius 3 is 1.52 bits per heavy atom. The van der Waals surface area contributed by atoms with Crippen molar-refractivity contribution < 1.29 is 0 Å². The first-order valence-electron chi connectivity index (χ1n) is 19.9. The second-order valence-electron chi connectivity index (χ2n) is 15.3. The van der Waals surface area contributed by atoms with Crippen LogP contribution in [0.4, 0.5) is 0 Å². The molecule has 1 aliphatic heterocycles. The number of fused-ring (bicyclic) bond motifs is 8. The van der Waals surface area contributed by atoms with Gasteiger partial charge in [0.2, 0.25) is 0 Å². The minimum atomic E-state index is -2.69. The van der Waals surface area contributed by atoms with Crippen molar-refractivity contribution in [2.45, 2.75) is 9.79 Å². The van der Waals surface area contributed by atoms with Crippen molar-refractivity contribution >= 4 is 84.2 Å². The van der Waals surface area contributed by atoms with Crippen LogP contribution in [0.3, 0.4) is 0 Å². The first-order valence-corrected chi connectivity index (χ1v) is 22.7. The van der Waals surface area contributed by atoms with Gasteiger partial charge in [-0.25, -0.2) is 0 Å². The number of aromatic nitrogens is 2. The maximum absolute atomic E-state index is 2.69. The second kappa shape index (κ2) is 13.1. The number of para-hydroxylation sites is 3. The molecule has 58 heavy (non-hydrogen) atoms. The molecule has 2 aromatic heterocycles. The summed E-state index contributed by atoms with van der Waals surface area (Å²) in [4.78, 5) is 2.58. The topological polar surface area (TPSA) is 9.86 Å². The van der Waals surface area contributed by atoms with E-state index in [9.17, 15) is 0 Å². The zero-order valence-electron chi connectivity index (χ0n) is 31.6. The number of hydrogen-bond acceptors (Lipinski definition) is 1. The molecule has 0 saturated carbocycles. The summed E-state index contributed by atoms with van der Waals surface area (Å²) < 4.78 is 4.90. The summed E-state index contributed by atoms with van der Waals surface area (Å²) in [6, 6.07) is 81.4. The Morgan fingerprint density at radius 2 is 0.862 bits per heavy atom. The molecule has 0 amide bonds. The molecule has 0 fully saturated rings. The van der Waals surface area contributed by atoms with Crippen LogP contribution in [0.25, 0.3) is 66.1 Å². The molecule has 0 aliphatic carbocycles. The average Bonchev–Trinajstić information content (AvgIpc) is 3.81. The molecule has 0 unspecified atom stereocenters. The molecule has 0 bridgehead atoms. The SMILES string of the molecule is c1ccc([Si](c2ccccc2)(c2ccccc2)c2ccc3c(c2)c2ccccc2n3-c2ccc(-c3cc4c5c(c3)c3ccccc3n5-c3ccccc3S4)cc2)cc1. The Labute approximate surface area is 342 Å². The highest BCUT2D eigenvalue weighted by molar-refractivity contribution is 7.99. The van der Waals surface area contributed by atoms with Crippen LogP contribution in [0.15, 0.2) is 228 Å². The Morgan fingerprint density at radius 1 is 0.328 bits per heavy atom. The van der Waals surface area contributed by atoms with Crippen molar-refractivity contribution in [2.24, 2.45) is 0 Å². The Hall–Kier alpha value is -6.85. The van der Waals surface area contributed by atoms with E-state index in [1.165, 1.54) is 91.0 Å². The van der Waals surface area contributed by atoms with Gasteiger partial charge in [0, 0.05) is 37.0 Å². The van der Waals surface area contributed by atoms with Crippen molar-refractivity contribution in [3.05, 3.63) is 218 Å². The van der Waals surface area contributed by atoms with Gasteiger partial charge < -0.3 is 9.13 Å². The number of hydrogen-bond donors (Lipinski definition) is 0. The highest BCUT2D eigenvalue weighted by Crippen LogP contribution is 2.48. The molecule has 0 saturated heterocycles. The molecule has 2 nitrogen and oxygen atoms in total. The third kappa shape index (κ3) is 4.86. The second-order valence-corrected chi connectivity index (χ2v) is 20.2. The Balaban J connectivity index is 1.02. The molecule has 12 rings (SSSR count). The van der Waals surface area contributed by atoms with E-state index in [1.54, 1.807) is 0 Å². The van der Waals surface area contributed by atoms with Crippen molar-refractivity contribution in [2.75, 3.05) is 0 Å². The minimum absolute atomic E-state index is 1.16.